The molecule has 5 rings (SSSR count). The van der Waals surface area contributed by atoms with Crippen molar-refractivity contribution >= 4 is 28.8 Å². The molecule has 0 unspecified atom stereocenters. The number of nitrogens with two attached hydrogens (primary N) is 2. The minimum Gasteiger partial charge on any atom is -0.396 e. The maximum Gasteiger partial charge on any atom is 0.223 e. The molecule has 2 fully saturated rings. The Morgan fingerprint density at radius 3 is 2.50 bits per heavy atom. The summed E-state index contributed by atoms with van der Waals surface area (Å²) in [5.41, 5.74) is 18.3. The Bertz CT molecular complexity index is 1210. The minimum atomic E-state index is -0.169. The van der Waals surface area contributed by atoms with Crippen LogP contribution in [0.5, 0.6) is 0 Å². The highest BCUT2D eigenvalue weighted by molar-refractivity contribution is 5.79. The lowest BCUT2D eigenvalue weighted by Gasteiger charge is -2.38. The number of rotatable bonds is 7. The third-order valence-corrected chi connectivity index (χ3v) is 7.62. The summed E-state index contributed by atoms with van der Waals surface area (Å²) in [6.07, 6.45) is 5.02. The van der Waals surface area contributed by atoms with E-state index in [1.807, 2.05) is 31.2 Å². The Kier molecular flexibility index (Phi) is 6.83. The van der Waals surface area contributed by atoms with Crippen molar-refractivity contribution in [3.05, 3.63) is 66.2 Å². The molecule has 7 heteroatoms. The van der Waals surface area contributed by atoms with Crippen molar-refractivity contribution in [1.82, 2.24) is 10.3 Å². The van der Waals surface area contributed by atoms with Gasteiger partial charge in [0.2, 0.25) is 5.91 Å². The monoisotopic (exact) mass is 484 g/mol. The molecule has 1 amide bonds. The summed E-state index contributed by atoms with van der Waals surface area (Å²) in [5, 5.41) is 6.33. The predicted molar refractivity (Wildman–Crippen MR) is 147 cm³/mol. The average molecular weight is 485 g/mol. The van der Waals surface area contributed by atoms with Gasteiger partial charge in [-0.15, -0.1) is 0 Å². The van der Waals surface area contributed by atoms with Gasteiger partial charge in [0, 0.05) is 48.0 Å². The lowest BCUT2D eigenvalue weighted by Crippen LogP contribution is -2.43. The zero-order valence-corrected chi connectivity index (χ0v) is 21.0. The van der Waals surface area contributed by atoms with Gasteiger partial charge >= 0.3 is 0 Å². The molecule has 2 heterocycles. The first kappa shape index (κ1) is 24.1. The van der Waals surface area contributed by atoms with Crippen molar-refractivity contribution < 1.29 is 4.79 Å². The Labute approximate surface area is 213 Å². The van der Waals surface area contributed by atoms with Crippen LogP contribution in [0.2, 0.25) is 0 Å². The van der Waals surface area contributed by atoms with E-state index in [1.54, 1.807) is 0 Å². The van der Waals surface area contributed by atoms with Gasteiger partial charge in [-0.3, -0.25) is 4.79 Å². The van der Waals surface area contributed by atoms with E-state index in [1.165, 1.54) is 12.0 Å². The van der Waals surface area contributed by atoms with Gasteiger partial charge in [-0.25, -0.2) is 4.98 Å². The van der Waals surface area contributed by atoms with E-state index in [4.69, 9.17) is 16.5 Å². The molecule has 1 saturated heterocycles. The van der Waals surface area contributed by atoms with E-state index < -0.39 is 0 Å². The molecule has 0 radical (unpaired) electrons. The fraction of sp³-hybridized carbons (Fsp3) is 0.379. The van der Waals surface area contributed by atoms with E-state index in [-0.39, 0.29) is 17.4 Å². The lowest BCUT2D eigenvalue weighted by atomic mass is 9.73. The Hall–Kier alpha value is -3.58. The molecule has 6 N–H and O–H groups in total. The molecule has 0 spiro atoms. The van der Waals surface area contributed by atoms with Crippen molar-refractivity contribution in [3.63, 3.8) is 0 Å². The van der Waals surface area contributed by atoms with Gasteiger partial charge < -0.3 is 27.0 Å². The molecule has 1 saturated carbocycles. The highest BCUT2D eigenvalue weighted by Gasteiger charge is 2.34. The number of carbonyl (C=O) groups excluding carboxylic acids is 1. The van der Waals surface area contributed by atoms with Crippen molar-refractivity contribution in [2.45, 2.75) is 44.6 Å². The number of aromatic nitrogens is 1. The normalized spacial score (nSPS) is 17.3. The van der Waals surface area contributed by atoms with Gasteiger partial charge in [0.25, 0.3) is 0 Å². The van der Waals surface area contributed by atoms with Crippen molar-refractivity contribution in [1.29, 1.82) is 0 Å². The number of carbonyl (C=O) groups is 1. The van der Waals surface area contributed by atoms with Gasteiger partial charge in [-0.2, -0.15) is 0 Å². The predicted octanol–water partition coefficient (Wildman–Crippen LogP) is 4.76. The number of hydrogen-bond acceptors (Lipinski definition) is 6. The van der Waals surface area contributed by atoms with Gasteiger partial charge in [0.15, 0.2) is 5.82 Å². The Morgan fingerprint density at radius 1 is 1.08 bits per heavy atom. The number of pyridine rings is 1. The second kappa shape index (κ2) is 10.2. The number of piperidine rings is 1. The number of nitrogen functional groups attached to an aromatic ring is 1. The summed E-state index contributed by atoms with van der Waals surface area (Å²) >= 11 is 0. The van der Waals surface area contributed by atoms with Crippen LogP contribution in [0.25, 0.3) is 11.3 Å². The zero-order chi connectivity index (χ0) is 25.1. The third kappa shape index (κ3) is 5.02. The quantitative estimate of drug-likeness (QED) is 0.385. The van der Waals surface area contributed by atoms with Gasteiger partial charge in [-0.05, 0) is 81.0 Å². The topological polar surface area (TPSA) is 109 Å². The average Bonchev–Trinajstić information content (AvgIpc) is 2.89. The van der Waals surface area contributed by atoms with Crippen molar-refractivity contribution in [2.75, 3.05) is 35.6 Å². The van der Waals surface area contributed by atoms with Gasteiger partial charge in [0.05, 0.1) is 11.4 Å². The summed E-state index contributed by atoms with van der Waals surface area (Å²) in [7, 11) is 0. The first-order valence-corrected chi connectivity index (χ1v) is 13.0. The molecule has 2 aromatic carbocycles. The van der Waals surface area contributed by atoms with Crippen LogP contribution in [-0.4, -0.2) is 30.5 Å². The summed E-state index contributed by atoms with van der Waals surface area (Å²) < 4.78 is 0. The molecule has 1 aliphatic heterocycles. The Balaban J connectivity index is 1.29. The van der Waals surface area contributed by atoms with Crippen LogP contribution in [0.4, 0.5) is 22.9 Å². The number of hydrogen-bond donors (Lipinski definition) is 4. The minimum absolute atomic E-state index is 0.106. The van der Waals surface area contributed by atoms with Crippen LogP contribution in [0.3, 0.4) is 0 Å². The van der Waals surface area contributed by atoms with Crippen LogP contribution in [0.1, 0.15) is 44.6 Å². The molecule has 188 valence electrons. The van der Waals surface area contributed by atoms with Crippen molar-refractivity contribution in [2.24, 2.45) is 11.7 Å². The lowest BCUT2D eigenvalue weighted by molar-refractivity contribution is -0.125. The molecule has 3 aromatic rings. The van der Waals surface area contributed by atoms with E-state index >= 15 is 0 Å². The summed E-state index contributed by atoms with van der Waals surface area (Å²) in [5.74, 6) is 0.923. The van der Waals surface area contributed by atoms with E-state index in [2.05, 4.69) is 51.9 Å². The number of benzene rings is 2. The van der Waals surface area contributed by atoms with Crippen LogP contribution >= 0.6 is 0 Å². The standard InChI is InChI=1S/C29H36N6O/c1-2-32-28(36)20-13-17-35(18-14-20)24-6-3-5-21(19-24)26-12-11-25(30)27(34-26)33-23-9-7-22(8-10-23)29(31)15-4-16-29/h3,5-12,19-20H,2,4,13-18,30-31H2,1H3,(H,32,36)(H,33,34). The number of anilines is 4. The number of nitrogens with zero attached hydrogens (tertiary/aromatic N) is 2. The maximum absolute atomic E-state index is 12.2. The molecule has 0 bridgehead atoms. The first-order chi connectivity index (χ1) is 17.4. The molecule has 1 aromatic heterocycles. The fourth-order valence-corrected chi connectivity index (χ4v) is 5.18. The van der Waals surface area contributed by atoms with Gasteiger partial charge in [-0.1, -0.05) is 24.3 Å². The fourth-order valence-electron chi connectivity index (χ4n) is 5.18. The second-order valence-corrected chi connectivity index (χ2v) is 10.1. The third-order valence-electron chi connectivity index (χ3n) is 7.62. The maximum atomic E-state index is 12.2. The highest BCUT2D eigenvalue weighted by atomic mass is 16.1. The molecule has 36 heavy (non-hydrogen) atoms. The molecular weight excluding hydrogens is 448 g/mol. The first-order valence-electron chi connectivity index (χ1n) is 13.0. The summed E-state index contributed by atoms with van der Waals surface area (Å²) in [4.78, 5) is 19.4. The Morgan fingerprint density at radius 2 is 1.83 bits per heavy atom. The number of amides is 1. The molecule has 2 aliphatic rings. The van der Waals surface area contributed by atoms with Crippen molar-refractivity contribution in [3.8, 4) is 11.3 Å². The summed E-state index contributed by atoms with van der Waals surface area (Å²) in [6, 6.07) is 20.6. The molecule has 0 atom stereocenters. The second-order valence-electron chi connectivity index (χ2n) is 10.1. The van der Waals surface area contributed by atoms with Crippen LogP contribution in [0.15, 0.2) is 60.7 Å². The van der Waals surface area contributed by atoms with E-state index in [9.17, 15) is 4.79 Å². The van der Waals surface area contributed by atoms with Crippen LogP contribution in [0, 0.1) is 5.92 Å². The summed E-state index contributed by atoms with van der Waals surface area (Å²) in [6.45, 7) is 4.39. The van der Waals surface area contributed by atoms with E-state index in [0.29, 0.717) is 18.1 Å². The molecule has 1 aliphatic carbocycles. The SMILES string of the molecule is CCNC(=O)C1CCN(c2cccc(-c3ccc(N)c(Nc4ccc(C5(N)CCC5)cc4)n3)c2)CC1. The molecule has 7 nitrogen and oxygen atoms in total. The number of nitrogens with one attached hydrogen (secondary N) is 2. The molecular formula is C29H36N6O. The van der Waals surface area contributed by atoms with Crippen LogP contribution in [-0.2, 0) is 10.3 Å². The van der Waals surface area contributed by atoms with Gasteiger partial charge in [0.1, 0.15) is 0 Å². The van der Waals surface area contributed by atoms with E-state index in [0.717, 1.165) is 61.4 Å². The highest BCUT2D eigenvalue weighted by Crippen LogP contribution is 2.39. The van der Waals surface area contributed by atoms with Crippen LogP contribution < -0.4 is 27.0 Å². The zero-order valence-electron chi connectivity index (χ0n) is 21.0. The largest absolute Gasteiger partial charge is 0.396 e. The smallest absolute Gasteiger partial charge is 0.223 e.